The minimum Gasteiger partial charge on any atom is -0.364 e. The number of hydrogen-bond acceptors (Lipinski definition) is 6. The van der Waals surface area contributed by atoms with Gasteiger partial charge in [0.15, 0.2) is 0 Å². The van der Waals surface area contributed by atoms with Gasteiger partial charge < -0.3 is 5.32 Å². The lowest BCUT2D eigenvalue weighted by atomic mass is 10.3. The summed E-state index contributed by atoms with van der Waals surface area (Å²) in [7, 11) is 0. The molecule has 0 unspecified atom stereocenters. The summed E-state index contributed by atoms with van der Waals surface area (Å²) in [6, 6.07) is 9.92. The summed E-state index contributed by atoms with van der Waals surface area (Å²) >= 11 is 0. The van der Waals surface area contributed by atoms with Crippen molar-refractivity contribution in [2.45, 2.75) is 6.54 Å². The number of nitro groups is 1. The Kier molecular flexibility index (Phi) is 3.64. The zero-order valence-electron chi connectivity index (χ0n) is 9.78. The highest BCUT2D eigenvalue weighted by Gasteiger charge is 2.15. The van der Waals surface area contributed by atoms with Gasteiger partial charge in [-0.2, -0.15) is 5.26 Å². The molecule has 0 fully saturated rings. The third-order valence-electron chi connectivity index (χ3n) is 2.35. The molecule has 0 aliphatic heterocycles. The standard InChI is InChI=1S/C12H9N5O2/c13-7-10-11(17(18)19)4-5-12(16-10)15-8-9-3-1-2-6-14-9/h1-6H,8H2,(H,15,16). The highest BCUT2D eigenvalue weighted by molar-refractivity contribution is 5.50. The molecule has 0 atom stereocenters. The minimum absolute atomic E-state index is 0.212. The molecular formula is C12H9N5O2. The molecule has 2 aromatic heterocycles. The highest BCUT2D eigenvalue weighted by atomic mass is 16.6. The first-order valence-electron chi connectivity index (χ1n) is 5.40. The van der Waals surface area contributed by atoms with Crippen LogP contribution in [0.1, 0.15) is 11.4 Å². The fraction of sp³-hybridized carbons (Fsp3) is 0.0833. The van der Waals surface area contributed by atoms with Gasteiger partial charge in [-0.15, -0.1) is 0 Å². The van der Waals surface area contributed by atoms with Gasteiger partial charge in [0.2, 0.25) is 5.69 Å². The summed E-state index contributed by atoms with van der Waals surface area (Å²) in [5.41, 5.74) is 0.295. The van der Waals surface area contributed by atoms with Crippen molar-refractivity contribution in [2.75, 3.05) is 5.32 Å². The Morgan fingerprint density at radius 2 is 2.21 bits per heavy atom. The van der Waals surface area contributed by atoms with Crippen LogP contribution >= 0.6 is 0 Å². The van der Waals surface area contributed by atoms with Crippen LogP contribution in [0, 0.1) is 21.4 Å². The Hall–Kier alpha value is -3.01. The van der Waals surface area contributed by atoms with Gasteiger partial charge in [-0.05, 0) is 18.2 Å². The number of nitrogens with zero attached hydrogens (tertiary/aromatic N) is 4. The predicted octanol–water partition coefficient (Wildman–Crippen LogP) is 1.87. The maximum atomic E-state index is 10.7. The monoisotopic (exact) mass is 255 g/mol. The van der Waals surface area contributed by atoms with E-state index in [9.17, 15) is 10.1 Å². The predicted molar refractivity (Wildman–Crippen MR) is 67.2 cm³/mol. The van der Waals surface area contributed by atoms with E-state index in [2.05, 4.69) is 15.3 Å². The van der Waals surface area contributed by atoms with Crippen molar-refractivity contribution in [1.29, 1.82) is 5.26 Å². The normalized spacial score (nSPS) is 9.63. The molecular weight excluding hydrogens is 246 g/mol. The first-order chi connectivity index (χ1) is 9.20. The molecule has 7 heteroatoms. The maximum absolute atomic E-state index is 10.7. The quantitative estimate of drug-likeness (QED) is 0.660. The van der Waals surface area contributed by atoms with Gasteiger partial charge in [0.1, 0.15) is 11.9 Å². The molecule has 94 valence electrons. The molecule has 2 rings (SSSR count). The molecule has 2 heterocycles. The first-order valence-corrected chi connectivity index (χ1v) is 5.40. The van der Waals surface area contributed by atoms with Gasteiger partial charge in [-0.3, -0.25) is 15.1 Å². The molecule has 19 heavy (non-hydrogen) atoms. The molecule has 0 spiro atoms. The number of anilines is 1. The summed E-state index contributed by atoms with van der Waals surface area (Å²) in [4.78, 5) is 18.0. The molecule has 0 aromatic carbocycles. The summed E-state index contributed by atoms with van der Waals surface area (Å²) in [5, 5.41) is 22.4. The molecule has 0 radical (unpaired) electrons. The van der Waals surface area contributed by atoms with Crippen molar-refractivity contribution in [2.24, 2.45) is 0 Å². The maximum Gasteiger partial charge on any atom is 0.305 e. The second-order valence-corrected chi connectivity index (χ2v) is 3.61. The van der Waals surface area contributed by atoms with Crippen LogP contribution in [0.2, 0.25) is 0 Å². The zero-order valence-corrected chi connectivity index (χ0v) is 9.78. The third kappa shape index (κ3) is 3.01. The number of rotatable bonds is 4. The average molecular weight is 255 g/mol. The van der Waals surface area contributed by atoms with Crippen LogP contribution in [0.25, 0.3) is 0 Å². The molecule has 7 nitrogen and oxygen atoms in total. The van der Waals surface area contributed by atoms with E-state index in [1.54, 1.807) is 18.3 Å². The largest absolute Gasteiger partial charge is 0.364 e. The van der Waals surface area contributed by atoms with E-state index >= 15 is 0 Å². The molecule has 1 N–H and O–H groups in total. The molecule has 2 aromatic rings. The zero-order chi connectivity index (χ0) is 13.7. The molecule has 0 saturated heterocycles. The Bertz CT molecular complexity index is 636. The Balaban J connectivity index is 2.14. The Morgan fingerprint density at radius 3 is 2.84 bits per heavy atom. The summed E-state index contributed by atoms with van der Waals surface area (Å²) in [5.74, 6) is 0.396. The second-order valence-electron chi connectivity index (χ2n) is 3.61. The van der Waals surface area contributed by atoms with Gasteiger partial charge >= 0.3 is 5.69 Å². The van der Waals surface area contributed by atoms with E-state index in [1.165, 1.54) is 12.1 Å². The molecule has 0 bridgehead atoms. The van der Waals surface area contributed by atoms with Crippen LogP contribution in [-0.2, 0) is 6.54 Å². The summed E-state index contributed by atoms with van der Waals surface area (Å²) in [6.45, 7) is 0.427. The van der Waals surface area contributed by atoms with Gasteiger partial charge in [-0.25, -0.2) is 4.98 Å². The van der Waals surface area contributed by atoms with Crippen molar-refractivity contribution in [3.63, 3.8) is 0 Å². The van der Waals surface area contributed by atoms with E-state index in [4.69, 9.17) is 5.26 Å². The molecule has 0 aliphatic carbocycles. The van der Waals surface area contributed by atoms with Gasteiger partial charge in [-0.1, -0.05) is 6.07 Å². The number of nitrogens with one attached hydrogen (secondary N) is 1. The molecule has 0 saturated carbocycles. The van der Waals surface area contributed by atoms with Crippen LogP contribution < -0.4 is 5.32 Å². The SMILES string of the molecule is N#Cc1nc(NCc2ccccn2)ccc1[N+](=O)[O-]. The van der Waals surface area contributed by atoms with Crippen LogP contribution in [-0.4, -0.2) is 14.9 Å². The molecule has 0 aliphatic rings. The van der Waals surface area contributed by atoms with Crippen molar-refractivity contribution in [3.8, 4) is 6.07 Å². The fourth-order valence-corrected chi connectivity index (χ4v) is 1.46. The lowest BCUT2D eigenvalue weighted by Gasteiger charge is -2.05. The van der Waals surface area contributed by atoms with Crippen LogP contribution in [0.3, 0.4) is 0 Å². The second kappa shape index (κ2) is 5.55. The smallest absolute Gasteiger partial charge is 0.305 e. The highest BCUT2D eigenvalue weighted by Crippen LogP contribution is 2.18. The van der Waals surface area contributed by atoms with Gasteiger partial charge in [0, 0.05) is 12.3 Å². The van der Waals surface area contributed by atoms with Gasteiger partial charge in [0.25, 0.3) is 0 Å². The Morgan fingerprint density at radius 1 is 1.37 bits per heavy atom. The average Bonchev–Trinajstić information content (AvgIpc) is 2.45. The van der Waals surface area contributed by atoms with E-state index in [0.29, 0.717) is 12.4 Å². The van der Waals surface area contributed by atoms with E-state index in [1.807, 2.05) is 12.1 Å². The number of aromatic nitrogens is 2. The number of hydrogen-bond donors (Lipinski definition) is 1. The molecule has 0 amide bonds. The van der Waals surface area contributed by atoms with Crippen molar-refractivity contribution in [1.82, 2.24) is 9.97 Å². The van der Waals surface area contributed by atoms with E-state index < -0.39 is 4.92 Å². The van der Waals surface area contributed by atoms with Crippen molar-refractivity contribution in [3.05, 3.63) is 58.0 Å². The topological polar surface area (TPSA) is 105 Å². The number of nitriles is 1. The first kappa shape index (κ1) is 12.4. The van der Waals surface area contributed by atoms with E-state index in [0.717, 1.165) is 5.69 Å². The van der Waals surface area contributed by atoms with Crippen LogP contribution in [0.5, 0.6) is 0 Å². The summed E-state index contributed by atoms with van der Waals surface area (Å²) < 4.78 is 0. The third-order valence-corrected chi connectivity index (χ3v) is 2.35. The van der Waals surface area contributed by atoms with Crippen LogP contribution in [0.4, 0.5) is 11.5 Å². The van der Waals surface area contributed by atoms with Gasteiger partial charge in [0.05, 0.1) is 17.2 Å². The summed E-state index contributed by atoms with van der Waals surface area (Å²) in [6.07, 6.45) is 1.67. The van der Waals surface area contributed by atoms with Crippen molar-refractivity contribution >= 4 is 11.5 Å². The van der Waals surface area contributed by atoms with Crippen molar-refractivity contribution < 1.29 is 4.92 Å². The van der Waals surface area contributed by atoms with E-state index in [-0.39, 0.29) is 11.4 Å². The lowest BCUT2D eigenvalue weighted by Crippen LogP contribution is -2.04. The minimum atomic E-state index is -0.631. The number of pyridine rings is 2. The fourth-order valence-electron chi connectivity index (χ4n) is 1.46. The van der Waals surface area contributed by atoms with Crippen LogP contribution in [0.15, 0.2) is 36.5 Å². The Labute approximate surface area is 108 Å². The lowest BCUT2D eigenvalue weighted by molar-refractivity contribution is -0.385.